The van der Waals surface area contributed by atoms with Gasteiger partial charge in [-0.3, -0.25) is 4.79 Å². The molecule has 4 heteroatoms. The van der Waals surface area contributed by atoms with Crippen molar-refractivity contribution in [3.63, 3.8) is 0 Å². The lowest BCUT2D eigenvalue weighted by Crippen LogP contribution is -2.48. The van der Waals surface area contributed by atoms with Crippen LogP contribution in [0.15, 0.2) is 72.8 Å². The van der Waals surface area contributed by atoms with E-state index in [-0.39, 0.29) is 11.3 Å². The number of benzene rings is 3. The third kappa shape index (κ3) is 4.49. The number of hydrogen-bond acceptors (Lipinski definition) is 3. The maximum Gasteiger partial charge on any atom is 0.261 e. The van der Waals surface area contributed by atoms with Gasteiger partial charge in [-0.05, 0) is 47.7 Å². The maximum absolute atomic E-state index is 13.0. The van der Waals surface area contributed by atoms with E-state index in [1.807, 2.05) is 43.3 Å². The third-order valence-corrected chi connectivity index (χ3v) is 6.10. The van der Waals surface area contributed by atoms with Gasteiger partial charge in [0.05, 0.1) is 0 Å². The Hall–Kier alpha value is -2.85. The second-order valence-electron chi connectivity index (χ2n) is 8.00. The lowest BCUT2D eigenvalue weighted by molar-refractivity contribution is -0.128. The number of fused-ring (bicyclic) bond motifs is 1. The van der Waals surface area contributed by atoms with Crippen LogP contribution in [-0.2, 0) is 14.9 Å². The number of nitrogens with one attached hydrogen (secondary N) is 1. The molecule has 0 bridgehead atoms. The summed E-state index contributed by atoms with van der Waals surface area (Å²) in [7, 11) is 0. The van der Waals surface area contributed by atoms with Crippen LogP contribution in [0.2, 0.25) is 0 Å². The van der Waals surface area contributed by atoms with Gasteiger partial charge in [-0.1, -0.05) is 67.6 Å². The topological polar surface area (TPSA) is 47.6 Å². The molecule has 4 rings (SSSR count). The van der Waals surface area contributed by atoms with Crippen molar-refractivity contribution < 1.29 is 14.3 Å². The highest BCUT2D eigenvalue weighted by Gasteiger charge is 2.35. The Morgan fingerprint density at radius 1 is 1.00 bits per heavy atom. The third-order valence-electron chi connectivity index (χ3n) is 6.10. The molecule has 1 heterocycles. The summed E-state index contributed by atoms with van der Waals surface area (Å²) in [6, 6.07) is 24.6. The summed E-state index contributed by atoms with van der Waals surface area (Å²) in [5.74, 6) is 0.659. The normalized spacial score (nSPS) is 16.7. The van der Waals surface area contributed by atoms with Gasteiger partial charge in [-0.25, -0.2) is 0 Å². The number of ether oxygens (including phenoxy) is 2. The Bertz CT molecular complexity index is 980. The largest absolute Gasteiger partial charge is 0.481 e. The minimum Gasteiger partial charge on any atom is -0.481 e. The van der Waals surface area contributed by atoms with Crippen LogP contribution in [0, 0.1) is 0 Å². The molecule has 0 unspecified atom stereocenters. The van der Waals surface area contributed by atoms with E-state index in [1.54, 1.807) is 0 Å². The summed E-state index contributed by atoms with van der Waals surface area (Å²) in [5, 5.41) is 5.45. The minimum absolute atomic E-state index is 0.0625. The highest BCUT2D eigenvalue weighted by atomic mass is 16.5. The van der Waals surface area contributed by atoms with Gasteiger partial charge in [0, 0.05) is 25.2 Å². The van der Waals surface area contributed by atoms with Crippen LogP contribution in [0.3, 0.4) is 0 Å². The summed E-state index contributed by atoms with van der Waals surface area (Å²) < 4.78 is 11.7. The van der Waals surface area contributed by atoms with Crippen LogP contribution in [0.1, 0.15) is 31.7 Å². The number of hydrogen-bond donors (Lipinski definition) is 1. The fourth-order valence-electron chi connectivity index (χ4n) is 4.22. The van der Waals surface area contributed by atoms with E-state index in [2.05, 4.69) is 41.7 Å². The van der Waals surface area contributed by atoms with E-state index in [1.165, 1.54) is 5.56 Å². The van der Waals surface area contributed by atoms with Crippen molar-refractivity contribution in [2.75, 3.05) is 19.8 Å². The van der Waals surface area contributed by atoms with Crippen molar-refractivity contribution in [3.05, 3.63) is 78.4 Å². The van der Waals surface area contributed by atoms with Crippen LogP contribution < -0.4 is 10.1 Å². The summed E-state index contributed by atoms with van der Waals surface area (Å²) in [5.41, 5.74) is 1.17. The summed E-state index contributed by atoms with van der Waals surface area (Å²) in [4.78, 5) is 13.0. The standard InChI is InChI=1S/C26H29NO3/c1-2-24(30-23-13-12-20-8-6-7-9-21(20)18-23)25(28)27-19-26(14-16-29-17-15-26)22-10-4-3-5-11-22/h3-13,18,24H,2,14-17,19H2,1H3,(H,27,28)/t24-/m0/s1. The monoisotopic (exact) mass is 403 g/mol. The number of amides is 1. The van der Waals surface area contributed by atoms with Crippen molar-refractivity contribution >= 4 is 16.7 Å². The second kappa shape index (κ2) is 9.31. The highest BCUT2D eigenvalue weighted by molar-refractivity contribution is 5.84. The minimum atomic E-state index is -0.515. The molecule has 0 aromatic heterocycles. The molecule has 1 atom stereocenters. The summed E-state index contributed by atoms with van der Waals surface area (Å²) in [6.07, 6.45) is 1.90. The Labute approximate surface area is 178 Å². The van der Waals surface area contributed by atoms with Crippen molar-refractivity contribution in [2.45, 2.75) is 37.7 Å². The molecule has 4 nitrogen and oxygen atoms in total. The second-order valence-corrected chi connectivity index (χ2v) is 8.00. The van der Waals surface area contributed by atoms with Gasteiger partial charge in [0.25, 0.3) is 5.91 Å². The van der Waals surface area contributed by atoms with Gasteiger partial charge in [-0.2, -0.15) is 0 Å². The first kappa shape index (κ1) is 20.4. The molecule has 1 aliphatic heterocycles. The van der Waals surface area contributed by atoms with Crippen LogP contribution >= 0.6 is 0 Å². The number of carbonyl (C=O) groups excluding carboxylic acids is 1. The van der Waals surface area contributed by atoms with E-state index in [4.69, 9.17) is 9.47 Å². The molecule has 1 saturated heterocycles. The van der Waals surface area contributed by atoms with Gasteiger partial charge in [0.2, 0.25) is 0 Å². The van der Waals surface area contributed by atoms with Crippen LogP contribution in [-0.4, -0.2) is 31.8 Å². The molecule has 1 fully saturated rings. The van der Waals surface area contributed by atoms with E-state index in [9.17, 15) is 4.79 Å². The number of rotatable bonds is 7. The van der Waals surface area contributed by atoms with Crippen LogP contribution in [0.25, 0.3) is 10.8 Å². The van der Waals surface area contributed by atoms with Crippen molar-refractivity contribution in [2.24, 2.45) is 0 Å². The Kier molecular flexibility index (Phi) is 6.34. The maximum atomic E-state index is 13.0. The summed E-state index contributed by atoms with van der Waals surface area (Å²) >= 11 is 0. The molecule has 3 aromatic rings. The lowest BCUT2D eigenvalue weighted by Gasteiger charge is -2.38. The first-order valence-corrected chi connectivity index (χ1v) is 10.8. The van der Waals surface area contributed by atoms with E-state index < -0.39 is 6.10 Å². The molecule has 0 aliphatic carbocycles. The van der Waals surface area contributed by atoms with E-state index in [0.29, 0.717) is 13.0 Å². The zero-order valence-electron chi connectivity index (χ0n) is 17.5. The van der Waals surface area contributed by atoms with Crippen LogP contribution in [0.5, 0.6) is 5.75 Å². The molecule has 0 saturated carbocycles. The Balaban J connectivity index is 1.45. The molecule has 0 radical (unpaired) electrons. The van der Waals surface area contributed by atoms with Gasteiger partial charge in [-0.15, -0.1) is 0 Å². The average Bonchev–Trinajstić information content (AvgIpc) is 2.82. The molecule has 0 spiro atoms. The Morgan fingerprint density at radius 2 is 1.70 bits per heavy atom. The molecular weight excluding hydrogens is 374 g/mol. The molecule has 1 amide bonds. The van der Waals surface area contributed by atoms with Crippen molar-refractivity contribution in [1.82, 2.24) is 5.32 Å². The molecule has 1 N–H and O–H groups in total. The molecule has 3 aromatic carbocycles. The number of carbonyl (C=O) groups is 1. The Morgan fingerprint density at radius 3 is 2.43 bits per heavy atom. The quantitative estimate of drug-likeness (QED) is 0.613. The van der Waals surface area contributed by atoms with Crippen molar-refractivity contribution in [1.29, 1.82) is 0 Å². The smallest absolute Gasteiger partial charge is 0.261 e. The predicted octanol–water partition coefficient (Wildman–Crippen LogP) is 4.86. The van der Waals surface area contributed by atoms with Crippen molar-refractivity contribution in [3.8, 4) is 5.75 Å². The molecule has 156 valence electrons. The fourth-order valence-corrected chi connectivity index (χ4v) is 4.22. The first-order chi connectivity index (χ1) is 14.7. The first-order valence-electron chi connectivity index (χ1n) is 10.8. The van der Waals surface area contributed by atoms with Gasteiger partial charge in [0.1, 0.15) is 5.75 Å². The fraction of sp³-hybridized carbons (Fsp3) is 0.346. The van der Waals surface area contributed by atoms with E-state index in [0.717, 1.165) is 42.6 Å². The lowest BCUT2D eigenvalue weighted by atomic mass is 9.74. The predicted molar refractivity (Wildman–Crippen MR) is 120 cm³/mol. The zero-order chi connectivity index (χ0) is 20.8. The SMILES string of the molecule is CC[C@H](Oc1ccc2ccccc2c1)C(=O)NCC1(c2ccccc2)CCOCC1. The summed E-state index contributed by atoms with van der Waals surface area (Å²) in [6.45, 7) is 4.01. The average molecular weight is 404 g/mol. The molecule has 1 aliphatic rings. The van der Waals surface area contributed by atoms with Crippen LogP contribution in [0.4, 0.5) is 0 Å². The zero-order valence-corrected chi connectivity index (χ0v) is 17.5. The van der Waals surface area contributed by atoms with Gasteiger partial charge < -0.3 is 14.8 Å². The highest BCUT2D eigenvalue weighted by Crippen LogP contribution is 2.34. The molecular formula is C26H29NO3. The molecule has 30 heavy (non-hydrogen) atoms. The van der Waals surface area contributed by atoms with E-state index >= 15 is 0 Å². The van der Waals surface area contributed by atoms with Gasteiger partial charge in [0.15, 0.2) is 6.10 Å². The van der Waals surface area contributed by atoms with Gasteiger partial charge >= 0.3 is 0 Å².